The van der Waals surface area contributed by atoms with Crippen LogP contribution in [-0.4, -0.2) is 43.3 Å². The number of nitro groups is 1. The number of amides is 1. The lowest BCUT2D eigenvalue weighted by Gasteiger charge is -2.23. The highest BCUT2D eigenvalue weighted by molar-refractivity contribution is 6.31. The van der Waals surface area contributed by atoms with Gasteiger partial charge in [0.2, 0.25) is 0 Å². The van der Waals surface area contributed by atoms with Gasteiger partial charge in [0.25, 0.3) is 11.6 Å². The Labute approximate surface area is 120 Å². The molecule has 7 nitrogen and oxygen atoms in total. The minimum absolute atomic E-state index is 0.0702. The zero-order valence-corrected chi connectivity index (χ0v) is 11.3. The lowest BCUT2D eigenvalue weighted by Crippen LogP contribution is -2.39. The summed E-state index contributed by atoms with van der Waals surface area (Å²) < 4.78 is 10.6. The van der Waals surface area contributed by atoms with Gasteiger partial charge in [0, 0.05) is 17.6 Å². The molecule has 1 amide bonds. The molecule has 8 heteroatoms. The van der Waals surface area contributed by atoms with Crippen LogP contribution in [-0.2, 0) is 9.47 Å². The smallest absolute Gasteiger partial charge is 0.282 e. The molecule has 1 saturated heterocycles. The van der Waals surface area contributed by atoms with Gasteiger partial charge < -0.3 is 14.8 Å². The van der Waals surface area contributed by atoms with Crippen molar-refractivity contribution in [3.63, 3.8) is 0 Å². The van der Waals surface area contributed by atoms with Gasteiger partial charge in [-0.25, -0.2) is 0 Å². The molecule has 1 heterocycles. The molecule has 1 aliphatic heterocycles. The summed E-state index contributed by atoms with van der Waals surface area (Å²) in [5.74, 6) is -0.562. The Morgan fingerprint density at radius 3 is 2.95 bits per heavy atom. The SMILES string of the molecule is O=C(NCC1COCCO1)c1cc(Cl)ccc1[N+](=O)[O-]. The van der Waals surface area contributed by atoms with E-state index in [-0.39, 0.29) is 28.9 Å². The molecule has 20 heavy (non-hydrogen) atoms. The van der Waals surface area contributed by atoms with Crippen molar-refractivity contribution in [2.75, 3.05) is 26.4 Å². The van der Waals surface area contributed by atoms with Crippen LogP contribution in [0.3, 0.4) is 0 Å². The van der Waals surface area contributed by atoms with Crippen molar-refractivity contribution in [2.45, 2.75) is 6.10 Å². The summed E-state index contributed by atoms with van der Waals surface area (Å²) in [6.07, 6.45) is -0.244. The highest BCUT2D eigenvalue weighted by Gasteiger charge is 2.22. The van der Waals surface area contributed by atoms with Crippen LogP contribution in [0, 0.1) is 10.1 Å². The standard InChI is InChI=1S/C12H13ClN2O5/c13-8-1-2-11(15(17)18)10(5-8)12(16)14-6-9-7-19-3-4-20-9/h1-2,5,9H,3-4,6-7H2,(H,14,16). The second-order valence-corrected chi connectivity index (χ2v) is 4.63. The Morgan fingerprint density at radius 1 is 1.50 bits per heavy atom. The predicted molar refractivity (Wildman–Crippen MR) is 71.0 cm³/mol. The van der Waals surface area contributed by atoms with E-state index >= 15 is 0 Å². The molecule has 0 aromatic heterocycles. The van der Waals surface area contributed by atoms with Crippen LogP contribution in [0.5, 0.6) is 0 Å². The fraction of sp³-hybridized carbons (Fsp3) is 0.417. The van der Waals surface area contributed by atoms with Crippen molar-refractivity contribution in [2.24, 2.45) is 0 Å². The first-order valence-electron chi connectivity index (χ1n) is 5.99. The van der Waals surface area contributed by atoms with Crippen LogP contribution >= 0.6 is 11.6 Å². The summed E-state index contributed by atoms with van der Waals surface area (Å²) in [5.41, 5.74) is -0.355. The summed E-state index contributed by atoms with van der Waals surface area (Å²) in [6, 6.07) is 3.85. The van der Waals surface area contributed by atoms with E-state index in [1.807, 2.05) is 0 Å². The number of hydrogen-bond donors (Lipinski definition) is 1. The van der Waals surface area contributed by atoms with Gasteiger partial charge in [-0.1, -0.05) is 11.6 Å². The lowest BCUT2D eigenvalue weighted by atomic mass is 10.1. The quantitative estimate of drug-likeness (QED) is 0.670. The maximum absolute atomic E-state index is 12.0. The van der Waals surface area contributed by atoms with Crippen LogP contribution in [0.25, 0.3) is 0 Å². The molecule has 1 aromatic carbocycles. The molecule has 1 unspecified atom stereocenters. The average molecular weight is 301 g/mol. The van der Waals surface area contributed by atoms with Crippen LogP contribution in [0.15, 0.2) is 18.2 Å². The third-order valence-electron chi connectivity index (χ3n) is 2.78. The average Bonchev–Trinajstić information content (AvgIpc) is 2.45. The third-order valence-corrected chi connectivity index (χ3v) is 3.01. The van der Waals surface area contributed by atoms with E-state index in [1.54, 1.807) is 0 Å². The van der Waals surface area contributed by atoms with Crippen LogP contribution < -0.4 is 5.32 Å². The van der Waals surface area contributed by atoms with Crippen molar-refractivity contribution in [1.29, 1.82) is 0 Å². The number of carbonyl (C=O) groups is 1. The summed E-state index contributed by atoms with van der Waals surface area (Å²) in [5, 5.41) is 13.7. The van der Waals surface area contributed by atoms with Crippen LogP contribution in [0.4, 0.5) is 5.69 Å². The third kappa shape index (κ3) is 3.66. The van der Waals surface area contributed by atoms with Gasteiger partial charge in [-0.05, 0) is 12.1 Å². The maximum atomic E-state index is 12.0. The Morgan fingerprint density at radius 2 is 2.30 bits per heavy atom. The maximum Gasteiger partial charge on any atom is 0.282 e. The number of ether oxygens (including phenoxy) is 2. The minimum Gasteiger partial charge on any atom is -0.376 e. The van der Waals surface area contributed by atoms with Gasteiger partial charge in [0.1, 0.15) is 5.56 Å². The monoisotopic (exact) mass is 300 g/mol. The van der Waals surface area contributed by atoms with Gasteiger partial charge in [-0.3, -0.25) is 14.9 Å². The molecule has 108 valence electrons. The number of nitro benzene ring substituents is 1. The van der Waals surface area contributed by atoms with Gasteiger partial charge in [-0.15, -0.1) is 0 Å². The van der Waals surface area contributed by atoms with Crippen LogP contribution in [0.1, 0.15) is 10.4 Å². The molecule has 0 bridgehead atoms. The van der Waals surface area contributed by atoms with Crippen molar-refractivity contribution in [3.8, 4) is 0 Å². The lowest BCUT2D eigenvalue weighted by molar-refractivity contribution is -0.385. The first kappa shape index (κ1) is 14.7. The number of nitrogens with one attached hydrogen (secondary N) is 1. The molecule has 1 aromatic rings. The molecule has 0 spiro atoms. The zero-order chi connectivity index (χ0) is 14.5. The van der Waals surface area contributed by atoms with Gasteiger partial charge in [0.05, 0.1) is 30.8 Å². The van der Waals surface area contributed by atoms with E-state index in [4.69, 9.17) is 21.1 Å². The Balaban J connectivity index is 2.04. The topological polar surface area (TPSA) is 90.7 Å². The van der Waals surface area contributed by atoms with Crippen LogP contribution in [0.2, 0.25) is 5.02 Å². The van der Waals surface area contributed by atoms with Crippen molar-refractivity contribution in [3.05, 3.63) is 38.9 Å². The number of carbonyl (C=O) groups excluding carboxylic acids is 1. The predicted octanol–water partition coefficient (Wildman–Crippen LogP) is 1.39. The molecular formula is C12H13ClN2O5. The molecule has 2 rings (SSSR count). The molecule has 1 N–H and O–H groups in total. The Bertz CT molecular complexity index is 517. The van der Waals surface area contributed by atoms with Crippen molar-refractivity contribution in [1.82, 2.24) is 5.32 Å². The molecule has 0 radical (unpaired) electrons. The summed E-state index contributed by atoms with van der Waals surface area (Å²) >= 11 is 5.77. The van der Waals surface area contributed by atoms with Gasteiger partial charge in [0.15, 0.2) is 0 Å². The molecule has 0 aliphatic carbocycles. The fourth-order valence-electron chi connectivity index (χ4n) is 1.81. The molecule has 0 saturated carbocycles. The molecule has 1 fully saturated rings. The van der Waals surface area contributed by atoms with Gasteiger partial charge in [-0.2, -0.15) is 0 Å². The van der Waals surface area contributed by atoms with E-state index < -0.39 is 10.8 Å². The van der Waals surface area contributed by atoms with E-state index in [2.05, 4.69) is 5.32 Å². The highest BCUT2D eigenvalue weighted by Crippen LogP contribution is 2.22. The van der Waals surface area contributed by atoms with Gasteiger partial charge >= 0.3 is 0 Å². The Kier molecular flexibility index (Phi) is 4.89. The molecule has 1 aliphatic rings. The molecule has 1 atom stereocenters. The van der Waals surface area contributed by atoms with Crippen molar-refractivity contribution < 1.29 is 19.2 Å². The number of nitrogens with zero attached hydrogens (tertiary/aromatic N) is 1. The van der Waals surface area contributed by atoms with Crippen molar-refractivity contribution >= 4 is 23.2 Å². The summed E-state index contributed by atoms with van der Waals surface area (Å²) in [6.45, 7) is 1.61. The highest BCUT2D eigenvalue weighted by atomic mass is 35.5. The second kappa shape index (κ2) is 6.65. The summed E-state index contributed by atoms with van der Waals surface area (Å²) in [7, 11) is 0. The van der Waals surface area contributed by atoms with E-state index in [9.17, 15) is 14.9 Å². The minimum atomic E-state index is -0.620. The fourth-order valence-corrected chi connectivity index (χ4v) is 1.98. The normalized spacial score (nSPS) is 18.6. The first-order valence-corrected chi connectivity index (χ1v) is 6.37. The zero-order valence-electron chi connectivity index (χ0n) is 10.5. The second-order valence-electron chi connectivity index (χ2n) is 4.20. The van der Waals surface area contributed by atoms with E-state index in [1.165, 1.54) is 18.2 Å². The number of hydrogen-bond acceptors (Lipinski definition) is 5. The number of benzene rings is 1. The number of rotatable bonds is 4. The number of halogens is 1. The first-order chi connectivity index (χ1) is 9.58. The largest absolute Gasteiger partial charge is 0.376 e. The molecular weight excluding hydrogens is 288 g/mol. The summed E-state index contributed by atoms with van der Waals surface area (Å²) in [4.78, 5) is 22.3. The van der Waals surface area contributed by atoms with E-state index in [0.29, 0.717) is 19.8 Å². The van der Waals surface area contributed by atoms with E-state index in [0.717, 1.165) is 0 Å². The Hall–Kier alpha value is -1.70.